The Balaban J connectivity index is 1.88. The average molecular weight is 314 g/mol. The second kappa shape index (κ2) is 7.42. The number of aromatic carboxylic acids is 1. The van der Waals surface area contributed by atoms with Crippen LogP contribution in [0.5, 0.6) is 0 Å². The molecule has 0 bridgehead atoms. The molecule has 0 saturated heterocycles. The molecule has 0 fully saturated rings. The zero-order chi connectivity index (χ0) is 15.9. The number of thiocarbonyl (C=S) groups is 1. The Kier molecular flexibility index (Phi) is 5.32. The van der Waals surface area contributed by atoms with Crippen LogP contribution < -0.4 is 21.3 Å². The molecule has 2 rings (SSSR count). The highest BCUT2D eigenvalue weighted by Gasteiger charge is 1.99. The second-order valence-electron chi connectivity index (χ2n) is 4.62. The lowest BCUT2D eigenvalue weighted by molar-refractivity contribution is -0.255. The first-order valence-electron chi connectivity index (χ1n) is 6.82. The summed E-state index contributed by atoms with van der Waals surface area (Å²) >= 11 is 5.19. The molecule has 0 atom stereocenters. The van der Waals surface area contributed by atoms with Crippen molar-refractivity contribution in [3.05, 3.63) is 59.7 Å². The van der Waals surface area contributed by atoms with E-state index in [9.17, 15) is 9.90 Å². The van der Waals surface area contributed by atoms with Gasteiger partial charge in [0.25, 0.3) is 0 Å². The number of hydrogen-bond acceptors (Lipinski definition) is 4. The van der Waals surface area contributed by atoms with Gasteiger partial charge in [-0.05, 0) is 54.0 Å². The first kappa shape index (κ1) is 15.8. The van der Waals surface area contributed by atoms with Crippen LogP contribution in [0, 0.1) is 0 Å². The molecule has 0 spiro atoms. The van der Waals surface area contributed by atoms with E-state index in [1.807, 2.05) is 18.2 Å². The average Bonchev–Trinajstić information content (AvgIpc) is 2.53. The fraction of sp³-hybridized carbons (Fsp3) is 0.125. The van der Waals surface area contributed by atoms with E-state index in [0.717, 1.165) is 12.1 Å². The maximum atomic E-state index is 10.7. The van der Waals surface area contributed by atoms with Crippen LogP contribution in [0.25, 0.3) is 0 Å². The van der Waals surface area contributed by atoms with Gasteiger partial charge in [-0.15, -0.1) is 0 Å². The van der Waals surface area contributed by atoms with E-state index in [0.29, 0.717) is 10.8 Å². The summed E-state index contributed by atoms with van der Waals surface area (Å²) in [5.41, 5.74) is 8.68. The highest BCUT2D eigenvalue weighted by molar-refractivity contribution is 7.80. The first-order valence-corrected chi connectivity index (χ1v) is 7.22. The summed E-state index contributed by atoms with van der Waals surface area (Å²) < 4.78 is 0. The molecule has 5 nitrogen and oxygen atoms in total. The van der Waals surface area contributed by atoms with Crippen molar-refractivity contribution in [3.8, 4) is 0 Å². The van der Waals surface area contributed by atoms with Gasteiger partial charge in [0.05, 0.1) is 11.7 Å². The zero-order valence-electron chi connectivity index (χ0n) is 12.1. The van der Waals surface area contributed by atoms with E-state index >= 15 is 0 Å². The fourth-order valence-electron chi connectivity index (χ4n) is 1.85. The van der Waals surface area contributed by atoms with Crippen molar-refractivity contribution in [2.75, 3.05) is 10.7 Å². The molecule has 0 heterocycles. The fourth-order valence-corrected chi connectivity index (χ4v) is 2.02. The number of aryl methyl sites for hydroxylation is 1. The van der Waals surface area contributed by atoms with E-state index < -0.39 is 5.97 Å². The topological polar surface area (TPSA) is 76.2 Å². The van der Waals surface area contributed by atoms with Crippen molar-refractivity contribution < 1.29 is 9.90 Å². The van der Waals surface area contributed by atoms with E-state index in [4.69, 9.17) is 12.2 Å². The minimum atomic E-state index is -1.20. The minimum absolute atomic E-state index is 0.127. The van der Waals surface area contributed by atoms with E-state index in [2.05, 4.69) is 29.2 Å². The second-order valence-corrected chi connectivity index (χ2v) is 5.03. The first-order chi connectivity index (χ1) is 10.6. The van der Waals surface area contributed by atoms with Crippen LogP contribution in [0.4, 0.5) is 11.4 Å². The van der Waals surface area contributed by atoms with Crippen LogP contribution in [0.15, 0.2) is 48.5 Å². The number of hydrazine groups is 1. The molecule has 3 N–H and O–H groups in total. The van der Waals surface area contributed by atoms with Crippen molar-refractivity contribution in [3.63, 3.8) is 0 Å². The normalized spacial score (nSPS) is 9.86. The molecule has 0 aliphatic carbocycles. The molecule has 0 saturated carbocycles. The smallest absolute Gasteiger partial charge is 0.189 e. The van der Waals surface area contributed by atoms with E-state index in [-0.39, 0.29) is 5.56 Å². The van der Waals surface area contributed by atoms with Gasteiger partial charge >= 0.3 is 0 Å². The van der Waals surface area contributed by atoms with Crippen LogP contribution in [0.3, 0.4) is 0 Å². The third-order valence-electron chi connectivity index (χ3n) is 3.03. The van der Waals surface area contributed by atoms with Crippen LogP contribution >= 0.6 is 12.2 Å². The van der Waals surface area contributed by atoms with Gasteiger partial charge in [0.2, 0.25) is 0 Å². The summed E-state index contributed by atoms with van der Waals surface area (Å²) in [5.74, 6) is -1.20. The number of carbonyl (C=O) groups excluding carboxylic acids is 1. The lowest BCUT2D eigenvalue weighted by Gasteiger charge is -2.13. The molecule has 0 aromatic heterocycles. The predicted molar refractivity (Wildman–Crippen MR) is 89.6 cm³/mol. The zero-order valence-corrected chi connectivity index (χ0v) is 12.9. The van der Waals surface area contributed by atoms with Crippen LogP contribution in [-0.2, 0) is 6.42 Å². The summed E-state index contributed by atoms with van der Waals surface area (Å²) in [6.07, 6.45) is 0.957. The van der Waals surface area contributed by atoms with Crippen LogP contribution in [0.2, 0.25) is 0 Å². The number of carbonyl (C=O) groups is 1. The van der Waals surface area contributed by atoms with Crippen molar-refractivity contribution in [2.45, 2.75) is 13.3 Å². The summed E-state index contributed by atoms with van der Waals surface area (Å²) in [7, 11) is 0. The van der Waals surface area contributed by atoms with Crippen molar-refractivity contribution >= 4 is 34.7 Å². The molecule has 2 aromatic carbocycles. The minimum Gasteiger partial charge on any atom is -0.545 e. The number of hydrogen-bond donors (Lipinski definition) is 3. The number of carboxylic acids is 1. The standard InChI is InChI=1S/C16H17N3O2S/c1-2-11-4-3-5-14(10-11)17-16(22)19-18-13-8-6-12(7-9-13)15(20)21/h3-10,18H,2H2,1H3,(H,20,21)(H2,17,19,22)/p-1. The molecule has 2 aromatic rings. The van der Waals surface area contributed by atoms with Crippen molar-refractivity contribution in [1.29, 1.82) is 0 Å². The van der Waals surface area contributed by atoms with E-state index in [1.54, 1.807) is 12.1 Å². The number of carboxylic acid groups (broad SMARTS) is 1. The molecule has 0 amide bonds. The lowest BCUT2D eigenvalue weighted by atomic mass is 10.1. The molecule has 6 heteroatoms. The van der Waals surface area contributed by atoms with Crippen LogP contribution in [-0.4, -0.2) is 11.1 Å². The maximum Gasteiger partial charge on any atom is 0.189 e. The molecule has 22 heavy (non-hydrogen) atoms. The molecule has 0 aliphatic rings. The molecule has 0 unspecified atom stereocenters. The van der Waals surface area contributed by atoms with Crippen molar-refractivity contribution in [1.82, 2.24) is 5.43 Å². The Morgan fingerprint density at radius 3 is 2.50 bits per heavy atom. The van der Waals surface area contributed by atoms with Crippen LogP contribution in [0.1, 0.15) is 22.8 Å². The summed E-state index contributed by atoms with van der Waals surface area (Å²) in [6.45, 7) is 2.09. The Morgan fingerprint density at radius 2 is 1.86 bits per heavy atom. The van der Waals surface area contributed by atoms with Gasteiger partial charge in [-0.1, -0.05) is 31.2 Å². The summed E-state index contributed by atoms with van der Waals surface area (Å²) in [5, 5.41) is 14.1. The number of nitrogens with one attached hydrogen (secondary N) is 3. The van der Waals surface area contributed by atoms with Gasteiger partial charge in [-0.25, -0.2) is 0 Å². The quantitative estimate of drug-likeness (QED) is 0.578. The van der Waals surface area contributed by atoms with E-state index in [1.165, 1.54) is 17.7 Å². The molecule has 114 valence electrons. The number of benzene rings is 2. The maximum absolute atomic E-state index is 10.7. The monoisotopic (exact) mass is 314 g/mol. The summed E-state index contributed by atoms with van der Waals surface area (Å²) in [4.78, 5) is 10.7. The van der Waals surface area contributed by atoms with Gasteiger partial charge in [-0.2, -0.15) is 0 Å². The van der Waals surface area contributed by atoms with Gasteiger partial charge in [0, 0.05) is 5.69 Å². The Hall–Kier alpha value is -2.60. The third kappa shape index (κ3) is 4.46. The van der Waals surface area contributed by atoms with Crippen molar-refractivity contribution in [2.24, 2.45) is 0 Å². The third-order valence-corrected chi connectivity index (χ3v) is 3.24. The Labute approximate surface area is 134 Å². The van der Waals surface area contributed by atoms with Gasteiger partial charge in [0.1, 0.15) is 0 Å². The Bertz CT molecular complexity index is 671. The van der Waals surface area contributed by atoms with Gasteiger partial charge < -0.3 is 15.2 Å². The molecular weight excluding hydrogens is 298 g/mol. The van der Waals surface area contributed by atoms with Gasteiger partial charge in [0.15, 0.2) is 5.11 Å². The SMILES string of the molecule is CCc1cccc(NC(=S)NNc2ccc(C(=O)[O-])cc2)c1. The number of rotatable bonds is 5. The highest BCUT2D eigenvalue weighted by Crippen LogP contribution is 2.11. The van der Waals surface area contributed by atoms with Gasteiger partial charge in [-0.3, -0.25) is 10.9 Å². The highest BCUT2D eigenvalue weighted by atomic mass is 32.1. The summed E-state index contributed by atoms with van der Waals surface area (Å²) in [6, 6.07) is 14.1. The lowest BCUT2D eigenvalue weighted by Crippen LogP contribution is -2.33. The largest absolute Gasteiger partial charge is 0.545 e. The Morgan fingerprint density at radius 1 is 1.14 bits per heavy atom. The molecule has 0 aliphatic heterocycles. The number of anilines is 2. The predicted octanol–water partition coefficient (Wildman–Crippen LogP) is 1.93. The molecule has 0 radical (unpaired) electrons. The molecular formula is C16H16N3O2S-.